The van der Waals surface area contributed by atoms with Crippen molar-refractivity contribution in [2.45, 2.75) is 0 Å². The number of aromatic nitrogens is 1. The van der Waals surface area contributed by atoms with E-state index in [0.29, 0.717) is 28.5 Å². The molecule has 3 aromatic rings. The zero-order valence-corrected chi connectivity index (χ0v) is 16.7. The van der Waals surface area contributed by atoms with Crippen LogP contribution in [-0.2, 0) is 4.79 Å². The van der Waals surface area contributed by atoms with Gasteiger partial charge in [-0.1, -0.05) is 17.4 Å². The quantitative estimate of drug-likeness (QED) is 0.332. The maximum Gasteiger partial charge on any atom is 0.269 e. The molecule has 150 valence electrons. The third-order valence-corrected chi connectivity index (χ3v) is 5.19. The van der Waals surface area contributed by atoms with E-state index in [-0.39, 0.29) is 17.1 Å². The summed E-state index contributed by atoms with van der Waals surface area (Å²) in [5, 5.41) is 11.2. The summed E-state index contributed by atoms with van der Waals surface area (Å²) >= 11 is 1.25. The first-order chi connectivity index (χ1) is 13.8. The van der Waals surface area contributed by atoms with Crippen LogP contribution in [0, 0.1) is 15.9 Å². The number of likely N-dealkylation sites (N-methyl/N-ethyl adjacent to an activating group) is 1. The van der Waals surface area contributed by atoms with Crippen LogP contribution >= 0.6 is 11.3 Å². The van der Waals surface area contributed by atoms with Crippen LogP contribution in [0.25, 0.3) is 16.3 Å². The maximum absolute atomic E-state index is 14.0. The van der Waals surface area contributed by atoms with Gasteiger partial charge >= 0.3 is 0 Å². The Labute approximate surface area is 170 Å². The van der Waals surface area contributed by atoms with Gasteiger partial charge in [-0.25, -0.2) is 9.37 Å². The second-order valence-corrected chi connectivity index (χ2v) is 7.57. The summed E-state index contributed by atoms with van der Waals surface area (Å²) in [6.07, 6.45) is 2.97. The van der Waals surface area contributed by atoms with E-state index in [2.05, 4.69) is 4.98 Å². The first kappa shape index (κ1) is 20.6. The predicted molar refractivity (Wildman–Crippen MR) is 113 cm³/mol. The lowest BCUT2D eigenvalue weighted by atomic mass is 10.2. The average Bonchev–Trinajstić information content (AvgIpc) is 3.12. The van der Waals surface area contributed by atoms with Crippen LogP contribution in [0.5, 0.6) is 0 Å². The number of non-ortho nitro benzene ring substituents is 1. The molecule has 3 rings (SSSR count). The fourth-order valence-corrected chi connectivity index (χ4v) is 3.59. The Balaban J connectivity index is 1.85. The minimum atomic E-state index is -0.478. The number of carbonyl (C=O) groups excluding carboxylic acids is 1. The summed E-state index contributed by atoms with van der Waals surface area (Å²) in [6.45, 7) is 0.993. The van der Waals surface area contributed by atoms with Gasteiger partial charge in [0.1, 0.15) is 11.3 Å². The van der Waals surface area contributed by atoms with E-state index in [1.165, 1.54) is 40.5 Å². The molecule has 0 unspecified atom stereocenters. The molecule has 0 N–H and O–H groups in total. The molecule has 0 aliphatic carbocycles. The van der Waals surface area contributed by atoms with Crippen molar-refractivity contribution >= 4 is 44.4 Å². The molecule has 0 atom stereocenters. The van der Waals surface area contributed by atoms with Crippen LogP contribution in [0.3, 0.4) is 0 Å². The van der Waals surface area contributed by atoms with Crippen molar-refractivity contribution in [3.63, 3.8) is 0 Å². The molecule has 0 saturated carbocycles. The molecule has 7 nitrogen and oxygen atoms in total. The van der Waals surface area contributed by atoms with Gasteiger partial charge in [0.25, 0.3) is 11.6 Å². The Morgan fingerprint density at radius 2 is 1.93 bits per heavy atom. The minimum absolute atomic E-state index is 0.0161. The number of fused-ring (bicyclic) bond motifs is 1. The van der Waals surface area contributed by atoms with Crippen LogP contribution in [0.1, 0.15) is 5.56 Å². The molecule has 0 aliphatic rings. The Morgan fingerprint density at radius 3 is 2.55 bits per heavy atom. The third-order valence-electron chi connectivity index (χ3n) is 4.15. The highest BCUT2D eigenvalue weighted by molar-refractivity contribution is 7.22. The number of hydrogen-bond acceptors (Lipinski definition) is 6. The smallest absolute Gasteiger partial charge is 0.269 e. The lowest BCUT2D eigenvalue weighted by Gasteiger charge is -2.20. The topological polar surface area (TPSA) is 79.6 Å². The zero-order valence-electron chi connectivity index (χ0n) is 15.9. The zero-order chi connectivity index (χ0) is 21.0. The number of nitro benzene ring substituents is 1. The molecule has 1 amide bonds. The Morgan fingerprint density at radius 1 is 1.21 bits per heavy atom. The molecule has 1 aromatic heterocycles. The number of nitro groups is 1. The van der Waals surface area contributed by atoms with Crippen LogP contribution in [-0.4, -0.2) is 47.9 Å². The van der Waals surface area contributed by atoms with E-state index in [1.807, 2.05) is 19.0 Å². The Kier molecular flexibility index (Phi) is 6.30. The lowest BCUT2D eigenvalue weighted by Crippen LogP contribution is -2.35. The van der Waals surface area contributed by atoms with Gasteiger partial charge in [-0.2, -0.15) is 0 Å². The van der Waals surface area contributed by atoms with Crippen LogP contribution in [0.2, 0.25) is 0 Å². The van der Waals surface area contributed by atoms with E-state index in [9.17, 15) is 19.3 Å². The highest BCUT2D eigenvalue weighted by Crippen LogP contribution is 2.30. The molecule has 0 fully saturated rings. The summed E-state index contributed by atoms with van der Waals surface area (Å²) in [6, 6.07) is 10.6. The number of carbonyl (C=O) groups is 1. The van der Waals surface area contributed by atoms with Crippen molar-refractivity contribution in [1.82, 2.24) is 9.88 Å². The Hall–Kier alpha value is -3.17. The summed E-state index contributed by atoms with van der Waals surface area (Å²) in [5.41, 5.74) is 0.888. The number of thiazole rings is 1. The summed E-state index contributed by atoms with van der Waals surface area (Å²) in [4.78, 5) is 30.9. The number of para-hydroxylation sites is 1. The first-order valence-corrected chi connectivity index (χ1v) is 9.60. The molecule has 0 aliphatic heterocycles. The number of nitrogens with zero attached hydrogens (tertiary/aromatic N) is 4. The van der Waals surface area contributed by atoms with Gasteiger partial charge in [-0.3, -0.25) is 19.8 Å². The highest BCUT2D eigenvalue weighted by atomic mass is 32.1. The van der Waals surface area contributed by atoms with E-state index in [1.54, 1.807) is 30.3 Å². The normalized spacial score (nSPS) is 11.4. The van der Waals surface area contributed by atoms with Gasteiger partial charge in [0.05, 0.1) is 9.62 Å². The number of benzene rings is 2. The van der Waals surface area contributed by atoms with Crippen LogP contribution < -0.4 is 4.90 Å². The van der Waals surface area contributed by atoms with Crippen LogP contribution in [0.15, 0.2) is 48.5 Å². The minimum Gasteiger partial charge on any atom is -0.308 e. The molecule has 0 radical (unpaired) electrons. The van der Waals surface area contributed by atoms with Crippen molar-refractivity contribution in [1.29, 1.82) is 0 Å². The fourth-order valence-electron chi connectivity index (χ4n) is 2.58. The first-order valence-electron chi connectivity index (χ1n) is 8.79. The van der Waals surface area contributed by atoms with E-state index >= 15 is 0 Å². The second kappa shape index (κ2) is 8.89. The van der Waals surface area contributed by atoms with Crippen molar-refractivity contribution in [2.24, 2.45) is 0 Å². The number of amides is 1. The second-order valence-electron chi connectivity index (χ2n) is 6.56. The largest absolute Gasteiger partial charge is 0.308 e. The third kappa shape index (κ3) is 5.01. The van der Waals surface area contributed by atoms with Crippen LogP contribution in [0.4, 0.5) is 15.2 Å². The van der Waals surface area contributed by atoms with E-state index in [0.717, 1.165) is 0 Å². The monoisotopic (exact) mass is 414 g/mol. The van der Waals surface area contributed by atoms with Gasteiger partial charge in [0.2, 0.25) is 0 Å². The van der Waals surface area contributed by atoms with Crippen molar-refractivity contribution in [3.8, 4) is 0 Å². The molecule has 0 saturated heterocycles. The van der Waals surface area contributed by atoms with Crippen molar-refractivity contribution < 1.29 is 14.1 Å². The molecular weight excluding hydrogens is 395 g/mol. The van der Waals surface area contributed by atoms with Gasteiger partial charge < -0.3 is 4.90 Å². The molecule has 2 aromatic carbocycles. The van der Waals surface area contributed by atoms with Gasteiger partial charge in [-0.15, -0.1) is 0 Å². The molecular formula is C20H19FN4O3S. The molecule has 9 heteroatoms. The molecule has 0 spiro atoms. The van der Waals surface area contributed by atoms with Crippen molar-refractivity contribution in [2.75, 3.05) is 32.1 Å². The molecule has 0 bridgehead atoms. The Bertz CT molecular complexity index is 1060. The molecule has 29 heavy (non-hydrogen) atoms. The number of anilines is 1. The standard InChI is InChI=1S/C20H19FN4O3S/c1-23(2)12-13-24(20-22-19-16(21)4-3-5-17(19)29-20)18(26)11-8-14-6-9-15(10-7-14)25(27)28/h3-11H,12-13H2,1-2H3. The van der Waals surface area contributed by atoms with Gasteiger partial charge in [0.15, 0.2) is 5.13 Å². The average molecular weight is 414 g/mol. The fraction of sp³-hybridized carbons (Fsp3) is 0.200. The molecule has 1 heterocycles. The van der Waals surface area contributed by atoms with E-state index in [4.69, 9.17) is 0 Å². The summed E-state index contributed by atoms with van der Waals surface area (Å²) in [5.74, 6) is -0.726. The van der Waals surface area contributed by atoms with E-state index < -0.39 is 10.7 Å². The number of rotatable bonds is 7. The highest BCUT2D eigenvalue weighted by Gasteiger charge is 2.19. The van der Waals surface area contributed by atoms with Gasteiger partial charge in [0, 0.05) is 31.3 Å². The summed E-state index contributed by atoms with van der Waals surface area (Å²) < 4.78 is 14.7. The van der Waals surface area contributed by atoms with Crippen molar-refractivity contribution in [3.05, 3.63) is 70.0 Å². The number of hydrogen-bond donors (Lipinski definition) is 0. The predicted octanol–water partition coefficient (Wildman–Crippen LogP) is 3.95. The SMILES string of the molecule is CN(C)CCN(C(=O)C=Cc1ccc([N+](=O)[O-])cc1)c1nc2c(F)cccc2s1. The lowest BCUT2D eigenvalue weighted by molar-refractivity contribution is -0.384. The summed E-state index contributed by atoms with van der Waals surface area (Å²) in [7, 11) is 3.79. The number of halogens is 1. The van der Waals surface area contributed by atoms with Gasteiger partial charge in [-0.05, 0) is 50.0 Å². The maximum atomic E-state index is 14.0.